The van der Waals surface area contributed by atoms with Gasteiger partial charge in [0.25, 0.3) is 5.91 Å². The van der Waals surface area contributed by atoms with E-state index in [1.54, 1.807) is 30.2 Å². The maximum absolute atomic E-state index is 14.0. The van der Waals surface area contributed by atoms with Crippen molar-refractivity contribution >= 4 is 35.2 Å². The number of amides is 3. The van der Waals surface area contributed by atoms with Crippen molar-refractivity contribution in [1.29, 1.82) is 0 Å². The molecule has 2 heterocycles. The number of hydrogen-bond acceptors (Lipinski definition) is 4. The van der Waals surface area contributed by atoms with Crippen LogP contribution in [0.15, 0.2) is 53.2 Å². The third kappa shape index (κ3) is 5.03. The number of carbonyl (C=O) groups is 3. The molecule has 1 N–H and O–H groups in total. The number of allylic oxidation sites excluding steroid dienone is 2. The number of hydrogen-bond donors (Lipinski definition) is 1. The fraction of sp³-hybridized carbons (Fsp3) is 0.440. The molecule has 1 aliphatic carbocycles. The average molecular weight is 469 g/mol. The summed E-state index contributed by atoms with van der Waals surface area (Å²) >= 11 is 6.03. The van der Waals surface area contributed by atoms with Gasteiger partial charge >= 0.3 is 0 Å². The highest BCUT2D eigenvalue weighted by Crippen LogP contribution is 2.32. The van der Waals surface area contributed by atoms with E-state index in [0.717, 1.165) is 36.8 Å². The molecule has 3 aliphatic rings. The predicted octanol–water partition coefficient (Wildman–Crippen LogP) is 3.59. The Morgan fingerprint density at radius 3 is 2.64 bits per heavy atom. The van der Waals surface area contributed by atoms with Gasteiger partial charge in [-0.05, 0) is 56.0 Å². The van der Waals surface area contributed by atoms with Gasteiger partial charge in [-0.1, -0.05) is 42.7 Å². The number of amidine groups is 1. The lowest BCUT2D eigenvalue weighted by Crippen LogP contribution is -2.62. The Hall–Kier alpha value is -2.93. The summed E-state index contributed by atoms with van der Waals surface area (Å²) in [5, 5.41) is 3.66. The van der Waals surface area contributed by atoms with Gasteiger partial charge in [0.15, 0.2) is 0 Å². The van der Waals surface area contributed by atoms with Crippen molar-refractivity contribution in [3.63, 3.8) is 0 Å². The number of carbonyl (C=O) groups excluding carboxylic acids is 3. The molecule has 8 heteroatoms. The van der Waals surface area contributed by atoms with Gasteiger partial charge in [-0.3, -0.25) is 14.4 Å². The molecule has 0 saturated heterocycles. The van der Waals surface area contributed by atoms with Crippen LogP contribution in [0.1, 0.15) is 51.5 Å². The summed E-state index contributed by atoms with van der Waals surface area (Å²) < 4.78 is 0. The number of rotatable bonds is 6. The number of nitrogens with zero attached hydrogens (tertiary/aromatic N) is 3. The van der Waals surface area contributed by atoms with Crippen LogP contribution < -0.4 is 5.32 Å². The van der Waals surface area contributed by atoms with Crippen molar-refractivity contribution in [2.24, 2.45) is 4.99 Å². The molecule has 174 valence electrons. The molecular weight excluding hydrogens is 440 g/mol. The largest absolute Gasteiger partial charge is 0.352 e. The molecule has 0 aromatic heterocycles. The number of aliphatic imine (C=N–C) groups is 1. The molecule has 2 aliphatic heterocycles. The fourth-order valence-corrected chi connectivity index (χ4v) is 4.86. The van der Waals surface area contributed by atoms with E-state index in [1.165, 1.54) is 4.90 Å². The Morgan fingerprint density at radius 2 is 1.94 bits per heavy atom. The first-order valence-electron chi connectivity index (χ1n) is 11.4. The Kier molecular flexibility index (Phi) is 6.70. The smallest absolute Gasteiger partial charge is 0.250 e. The maximum Gasteiger partial charge on any atom is 0.250 e. The van der Waals surface area contributed by atoms with Gasteiger partial charge in [-0.25, -0.2) is 0 Å². The molecule has 0 unspecified atom stereocenters. The van der Waals surface area contributed by atoms with Crippen molar-refractivity contribution in [3.8, 4) is 0 Å². The lowest BCUT2D eigenvalue weighted by Gasteiger charge is -2.45. The predicted molar refractivity (Wildman–Crippen MR) is 127 cm³/mol. The lowest BCUT2D eigenvalue weighted by molar-refractivity contribution is -0.146. The van der Waals surface area contributed by atoms with E-state index in [-0.39, 0.29) is 43.3 Å². The van der Waals surface area contributed by atoms with Gasteiger partial charge in [0.05, 0.1) is 13.0 Å². The molecule has 1 atom stereocenters. The molecular formula is C25H29ClN4O3. The van der Waals surface area contributed by atoms with Crippen LogP contribution in [0.25, 0.3) is 0 Å². The second-order valence-corrected chi connectivity index (χ2v) is 9.61. The quantitative estimate of drug-likeness (QED) is 0.691. The van der Waals surface area contributed by atoms with E-state index in [1.807, 2.05) is 31.2 Å². The zero-order valence-electron chi connectivity index (χ0n) is 19.0. The van der Waals surface area contributed by atoms with E-state index in [4.69, 9.17) is 11.6 Å². The number of nitrogens with one attached hydrogen (secondary N) is 1. The normalized spacial score (nSPS) is 22.5. The topological polar surface area (TPSA) is 82.1 Å². The van der Waals surface area contributed by atoms with Crippen LogP contribution in [-0.4, -0.2) is 51.5 Å². The number of fused-ring (bicyclic) bond motifs is 1. The average Bonchev–Trinajstić information content (AvgIpc) is 3.28. The van der Waals surface area contributed by atoms with Crippen molar-refractivity contribution in [2.75, 3.05) is 6.54 Å². The highest BCUT2D eigenvalue weighted by molar-refractivity contribution is 6.30. The lowest BCUT2D eigenvalue weighted by atomic mass is 9.89. The summed E-state index contributed by atoms with van der Waals surface area (Å²) in [6.07, 6.45) is 9.55. The molecule has 1 aromatic rings. The molecule has 7 nitrogen and oxygen atoms in total. The van der Waals surface area contributed by atoms with Crippen LogP contribution in [0.3, 0.4) is 0 Å². The van der Waals surface area contributed by atoms with Crippen LogP contribution in [0.5, 0.6) is 0 Å². The Labute approximate surface area is 199 Å². The highest BCUT2D eigenvalue weighted by Gasteiger charge is 2.48. The highest BCUT2D eigenvalue weighted by atomic mass is 35.5. The van der Waals surface area contributed by atoms with E-state index in [2.05, 4.69) is 10.3 Å². The molecule has 0 spiro atoms. The summed E-state index contributed by atoms with van der Waals surface area (Å²) in [6, 6.07) is 7.36. The van der Waals surface area contributed by atoms with Crippen LogP contribution in [0.4, 0.5) is 0 Å². The first-order valence-corrected chi connectivity index (χ1v) is 11.7. The molecule has 4 rings (SSSR count). The van der Waals surface area contributed by atoms with Gasteiger partial charge < -0.3 is 15.1 Å². The van der Waals surface area contributed by atoms with Gasteiger partial charge in [-0.2, -0.15) is 4.99 Å². The Bertz CT molecular complexity index is 1040. The van der Waals surface area contributed by atoms with Crippen LogP contribution in [0, 0.1) is 0 Å². The zero-order valence-corrected chi connectivity index (χ0v) is 19.8. The Morgan fingerprint density at radius 1 is 1.24 bits per heavy atom. The zero-order chi connectivity index (χ0) is 23.6. The van der Waals surface area contributed by atoms with Crippen molar-refractivity contribution in [3.05, 3.63) is 58.8 Å². The number of halogens is 1. The van der Waals surface area contributed by atoms with Gasteiger partial charge in [0, 0.05) is 23.8 Å². The summed E-state index contributed by atoms with van der Waals surface area (Å²) in [6.45, 7) is 3.76. The van der Waals surface area contributed by atoms with Crippen LogP contribution in [0.2, 0.25) is 5.02 Å². The molecule has 33 heavy (non-hydrogen) atoms. The first-order chi connectivity index (χ1) is 15.8. The molecule has 3 amide bonds. The van der Waals surface area contributed by atoms with Crippen molar-refractivity contribution in [2.45, 2.75) is 64.1 Å². The van der Waals surface area contributed by atoms with E-state index in [0.29, 0.717) is 10.9 Å². The van der Waals surface area contributed by atoms with Crippen LogP contribution >= 0.6 is 11.6 Å². The van der Waals surface area contributed by atoms with Crippen molar-refractivity contribution < 1.29 is 14.4 Å². The molecule has 1 aromatic carbocycles. The van der Waals surface area contributed by atoms with Gasteiger partial charge in [0.1, 0.15) is 11.4 Å². The number of benzene rings is 1. The molecule has 0 bridgehead atoms. The SMILES string of the molecule is CC1=CC=CN2C1=NC(=O)C[C@@]2(C)C(=O)N(CC(=O)NC1CCCC1)Cc1ccc(Cl)cc1. The minimum atomic E-state index is -1.18. The summed E-state index contributed by atoms with van der Waals surface area (Å²) in [4.78, 5) is 46.9. The van der Waals surface area contributed by atoms with Gasteiger partial charge in [0.2, 0.25) is 11.8 Å². The summed E-state index contributed by atoms with van der Waals surface area (Å²) in [5.41, 5.74) is 0.486. The molecule has 0 radical (unpaired) electrons. The van der Waals surface area contributed by atoms with Crippen molar-refractivity contribution in [1.82, 2.24) is 15.1 Å². The fourth-order valence-electron chi connectivity index (χ4n) is 4.73. The summed E-state index contributed by atoms with van der Waals surface area (Å²) in [5.74, 6) is -0.346. The maximum atomic E-state index is 14.0. The molecule has 1 saturated carbocycles. The third-order valence-electron chi connectivity index (χ3n) is 6.51. The second kappa shape index (κ2) is 9.51. The van der Waals surface area contributed by atoms with E-state index in [9.17, 15) is 14.4 Å². The van der Waals surface area contributed by atoms with E-state index < -0.39 is 5.54 Å². The van der Waals surface area contributed by atoms with Gasteiger partial charge in [-0.15, -0.1) is 0 Å². The van der Waals surface area contributed by atoms with E-state index >= 15 is 0 Å². The minimum Gasteiger partial charge on any atom is -0.352 e. The monoisotopic (exact) mass is 468 g/mol. The standard InChI is InChI=1S/C25H29ClN4O3/c1-17-6-5-13-30-23(17)28-21(31)14-25(30,2)24(33)29(15-18-9-11-19(26)12-10-18)16-22(32)27-20-7-3-4-8-20/h5-6,9-13,20H,3-4,7-8,14-16H2,1-2H3,(H,27,32)/t25-/m0/s1. The third-order valence-corrected chi connectivity index (χ3v) is 6.76. The summed E-state index contributed by atoms with van der Waals surface area (Å²) in [7, 11) is 0. The molecule has 1 fully saturated rings. The second-order valence-electron chi connectivity index (χ2n) is 9.18. The van der Waals surface area contributed by atoms with Crippen LogP contribution in [-0.2, 0) is 20.9 Å². The minimum absolute atomic E-state index is 0.0612. The Balaban J connectivity index is 1.61. The first kappa shape index (κ1) is 23.2.